The van der Waals surface area contributed by atoms with Crippen LogP contribution < -0.4 is 0 Å². The first-order valence-corrected chi connectivity index (χ1v) is 8.08. The molecule has 2 heteroatoms. The van der Waals surface area contributed by atoms with Crippen molar-refractivity contribution in [3.05, 3.63) is 0 Å². The first kappa shape index (κ1) is 15.3. The van der Waals surface area contributed by atoms with Crippen LogP contribution in [0.3, 0.4) is 0 Å². The monoisotopic (exact) mass is 259 g/mol. The highest BCUT2D eigenvalue weighted by atomic mass is 35.5. The summed E-state index contributed by atoms with van der Waals surface area (Å²) in [5.74, 6) is 2.62. The van der Waals surface area contributed by atoms with Gasteiger partial charge in [0.1, 0.15) is 0 Å². The van der Waals surface area contributed by atoms with Crippen LogP contribution >= 0.6 is 11.6 Å². The minimum atomic E-state index is 0.794. The first-order chi connectivity index (χ1) is 8.26. The highest BCUT2D eigenvalue weighted by molar-refractivity contribution is 6.17. The summed E-state index contributed by atoms with van der Waals surface area (Å²) in [6.07, 6.45) is 9.60. The molecule has 0 radical (unpaired) electrons. The fourth-order valence-corrected chi connectivity index (χ4v) is 3.25. The molecule has 1 rings (SSSR count). The molecule has 1 aliphatic heterocycles. The maximum atomic E-state index is 5.78. The molecule has 0 amide bonds. The molecule has 1 heterocycles. The Labute approximate surface area is 113 Å². The van der Waals surface area contributed by atoms with Crippen molar-refractivity contribution in [3.63, 3.8) is 0 Å². The normalized spacial score (nSPS) is 24.5. The molecule has 17 heavy (non-hydrogen) atoms. The van der Waals surface area contributed by atoms with Crippen LogP contribution in [0.5, 0.6) is 0 Å². The summed E-state index contributed by atoms with van der Waals surface area (Å²) in [6.45, 7) is 8.60. The lowest BCUT2D eigenvalue weighted by atomic mass is 9.96. The molecule has 0 aromatic rings. The van der Waals surface area contributed by atoms with E-state index in [4.69, 9.17) is 11.6 Å². The Kier molecular flexibility index (Phi) is 8.30. The minimum absolute atomic E-state index is 0.794. The van der Waals surface area contributed by atoms with Crippen LogP contribution in [0, 0.1) is 11.8 Å². The number of hydrogen-bond donors (Lipinski definition) is 0. The second-order valence-corrected chi connectivity index (χ2v) is 6.18. The summed E-state index contributed by atoms with van der Waals surface area (Å²) in [5, 5.41) is 0. The van der Waals surface area contributed by atoms with Gasteiger partial charge in [-0.2, -0.15) is 0 Å². The molecular formula is C15H30ClN. The Morgan fingerprint density at radius 2 is 2.06 bits per heavy atom. The number of rotatable bonds is 7. The molecule has 102 valence electrons. The summed E-state index contributed by atoms with van der Waals surface area (Å²) in [7, 11) is 0. The number of alkyl halides is 1. The number of hydrogen-bond acceptors (Lipinski definition) is 1. The average Bonchev–Trinajstić information content (AvgIpc) is 2.53. The molecule has 0 aromatic carbocycles. The number of likely N-dealkylation sites (tertiary alicyclic amines) is 1. The molecule has 1 fully saturated rings. The highest BCUT2D eigenvalue weighted by Crippen LogP contribution is 2.22. The maximum Gasteiger partial charge on any atom is 0.0225 e. The second-order valence-electron chi connectivity index (χ2n) is 5.80. The van der Waals surface area contributed by atoms with Gasteiger partial charge in [0, 0.05) is 5.88 Å². The fraction of sp³-hybridized carbons (Fsp3) is 1.00. The lowest BCUT2D eigenvalue weighted by Gasteiger charge is -2.22. The molecule has 0 saturated carbocycles. The predicted molar refractivity (Wildman–Crippen MR) is 77.8 cm³/mol. The van der Waals surface area contributed by atoms with Gasteiger partial charge in [-0.15, -0.1) is 11.6 Å². The van der Waals surface area contributed by atoms with Crippen molar-refractivity contribution in [1.29, 1.82) is 0 Å². The van der Waals surface area contributed by atoms with E-state index < -0.39 is 0 Å². The van der Waals surface area contributed by atoms with Crippen molar-refractivity contribution in [2.75, 3.05) is 25.5 Å². The zero-order valence-electron chi connectivity index (χ0n) is 11.8. The van der Waals surface area contributed by atoms with Gasteiger partial charge in [0.25, 0.3) is 0 Å². The Morgan fingerprint density at radius 3 is 2.76 bits per heavy atom. The molecule has 2 atom stereocenters. The molecule has 1 aliphatic rings. The van der Waals surface area contributed by atoms with Crippen LogP contribution in [0.25, 0.3) is 0 Å². The van der Waals surface area contributed by atoms with Gasteiger partial charge >= 0.3 is 0 Å². The molecule has 1 nitrogen and oxygen atoms in total. The molecule has 2 unspecified atom stereocenters. The van der Waals surface area contributed by atoms with Crippen LogP contribution in [0.2, 0.25) is 0 Å². The van der Waals surface area contributed by atoms with Gasteiger partial charge < -0.3 is 4.90 Å². The van der Waals surface area contributed by atoms with E-state index in [1.807, 2.05) is 0 Å². The first-order valence-electron chi connectivity index (χ1n) is 7.54. The van der Waals surface area contributed by atoms with Crippen LogP contribution in [-0.4, -0.2) is 30.4 Å². The van der Waals surface area contributed by atoms with Gasteiger partial charge in [0.05, 0.1) is 0 Å². The van der Waals surface area contributed by atoms with E-state index in [2.05, 4.69) is 18.7 Å². The van der Waals surface area contributed by atoms with E-state index in [-0.39, 0.29) is 0 Å². The second kappa shape index (κ2) is 9.22. The topological polar surface area (TPSA) is 3.24 Å². The maximum absolute atomic E-state index is 5.78. The number of halogens is 1. The lowest BCUT2D eigenvalue weighted by molar-refractivity contribution is 0.258. The van der Waals surface area contributed by atoms with Crippen molar-refractivity contribution in [2.45, 2.75) is 58.8 Å². The van der Waals surface area contributed by atoms with E-state index in [0.29, 0.717) is 0 Å². The van der Waals surface area contributed by atoms with E-state index in [9.17, 15) is 0 Å². The zero-order chi connectivity index (χ0) is 12.5. The van der Waals surface area contributed by atoms with Crippen molar-refractivity contribution in [3.8, 4) is 0 Å². The van der Waals surface area contributed by atoms with Crippen LogP contribution in [0.1, 0.15) is 58.8 Å². The fourth-order valence-electron chi connectivity index (χ4n) is 2.88. The third-order valence-corrected chi connectivity index (χ3v) is 4.40. The quantitative estimate of drug-likeness (QED) is 0.607. The Hall–Kier alpha value is 0.250. The summed E-state index contributed by atoms with van der Waals surface area (Å²) < 4.78 is 0. The highest BCUT2D eigenvalue weighted by Gasteiger charge is 2.16. The summed E-state index contributed by atoms with van der Waals surface area (Å²) >= 11 is 5.78. The lowest BCUT2D eigenvalue weighted by Crippen LogP contribution is -2.27. The molecule has 0 aromatic heterocycles. The minimum Gasteiger partial charge on any atom is -0.303 e. The molecular weight excluding hydrogens is 230 g/mol. The van der Waals surface area contributed by atoms with Gasteiger partial charge in [-0.1, -0.05) is 26.7 Å². The summed E-state index contributed by atoms with van der Waals surface area (Å²) in [4.78, 5) is 2.68. The van der Waals surface area contributed by atoms with Gasteiger partial charge in [-0.25, -0.2) is 0 Å². The van der Waals surface area contributed by atoms with Crippen molar-refractivity contribution in [1.82, 2.24) is 4.90 Å². The Morgan fingerprint density at radius 1 is 1.24 bits per heavy atom. The van der Waals surface area contributed by atoms with Crippen LogP contribution in [0.4, 0.5) is 0 Å². The predicted octanol–water partition coefficient (Wildman–Crippen LogP) is 4.54. The van der Waals surface area contributed by atoms with Crippen molar-refractivity contribution >= 4 is 11.6 Å². The Bertz CT molecular complexity index is 184. The van der Waals surface area contributed by atoms with E-state index in [0.717, 1.165) is 17.7 Å². The summed E-state index contributed by atoms with van der Waals surface area (Å²) in [5.41, 5.74) is 0. The summed E-state index contributed by atoms with van der Waals surface area (Å²) in [6, 6.07) is 0. The molecule has 0 N–H and O–H groups in total. The standard InChI is InChI=1S/C15H30ClN/c1-3-5-15-6-4-11-17(13-9-15)12-8-14(2)7-10-16/h14-15H,3-13H2,1-2H3. The molecule has 0 spiro atoms. The van der Waals surface area contributed by atoms with Gasteiger partial charge in [-0.05, 0) is 63.6 Å². The number of nitrogens with zero attached hydrogens (tertiary/aromatic N) is 1. The average molecular weight is 260 g/mol. The van der Waals surface area contributed by atoms with Crippen LogP contribution in [0.15, 0.2) is 0 Å². The van der Waals surface area contributed by atoms with Gasteiger partial charge in [0.15, 0.2) is 0 Å². The zero-order valence-corrected chi connectivity index (χ0v) is 12.5. The van der Waals surface area contributed by atoms with E-state index in [1.54, 1.807) is 0 Å². The third kappa shape index (κ3) is 6.67. The molecule has 1 saturated heterocycles. The molecule has 0 bridgehead atoms. The van der Waals surface area contributed by atoms with Gasteiger partial charge in [0.2, 0.25) is 0 Å². The largest absolute Gasteiger partial charge is 0.303 e. The SMILES string of the molecule is CCCC1CCCN(CCC(C)CCCl)CC1. The van der Waals surface area contributed by atoms with Crippen molar-refractivity contribution in [2.24, 2.45) is 11.8 Å². The molecule has 0 aliphatic carbocycles. The smallest absolute Gasteiger partial charge is 0.0225 e. The Balaban J connectivity index is 2.17. The third-order valence-electron chi connectivity index (χ3n) is 4.18. The van der Waals surface area contributed by atoms with E-state index in [1.165, 1.54) is 64.6 Å². The van der Waals surface area contributed by atoms with Crippen LogP contribution in [-0.2, 0) is 0 Å². The van der Waals surface area contributed by atoms with E-state index >= 15 is 0 Å². The van der Waals surface area contributed by atoms with Crippen molar-refractivity contribution < 1.29 is 0 Å². The van der Waals surface area contributed by atoms with Gasteiger partial charge in [-0.3, -0.25) is 0 Å².